The van der Waals surface area contributed by atoms with Crippen LogP contribution in [0.3, 0.4) is 0 Å². The molecule has 1 unspecified atom stereocenters. The van der Waals surface area contributed by atoms with Crippen molar-refractivity contribution < 1.29 is 9.60 Å². The molecule has 2 nitrogen and oxygen atoms in total. The summed E-state index contributed by atoms with van der Waals surface area (Å²) >= 11 is 5.42. The van der Waals surface area contributed by atoms with Crippen LogP contribution in [0.5, 0.6) is 0 Å². The highest BCUT2D eigenvalue weighted by atomic mass is 35.5. The van der Waals surface area contributed by atoms with Crippen molar-refractivity contribution in [1.29, 1.82) is 0 Å². The molecule has 1 aliphatic rings. The molecule has 53 valence electrons. The Hall–Kier alpha value is -0.830. The lowest BCUT2D eigenvalue weighted by Gasteiger charge is -2.07. The van der Waals surface area contributed by atoms with Gasteiger partial charge in [0.25, 0.3) is 0 Å². The zero-order valence-corrected chi connectivity index (χ0v) is 5.64. The molecule has 0 aromatic rings. The topological polar surface area (TPSA) is 32.6 Å². The highest BCUT2D eigenvalue weighted by Gasteiger charge is 2.18. The molecule has 0 saturated carbocycles. The Morgan fingerprint density at radius 1 is 1.80 bits per heavy atom. The van der Waals surface area contributed by atoms with Gasteiger partial charge in [0.05, 0.1) is 0 Å². The van der Waals surface area contributed by atoms with Crippen LogP contribution in [0.1, 0.15) is 0 Å². The molecule has 4 heteroatoms. The predicted octanol–water partition coefficient (Wildman–Crippen LogP) is 1.65. The van der Waals surface area contributed by atoms with Crippen LogP contribution in [0, 0.1) is 6.08 Å². The molecule has 1 rings (SSSR count). The van der Waals surface area contributed by atoms with Gasteiger partial charge in [-0.05, 0) is 12.2 Å². The molecule has 1 atom stereocenters. The van der Waals surface area contributed by atoms with Gasteiger partial charge in [0.2, 0.25) is 0 Å². The summed E-state index contributed by atoms with van der Waals surface area (Å²) in [4.78, 5) is 0. The number of halogens is 2. The minimum atomic E-state index is -0.991. The van der Waals surface area contributed by atoms with Crippen LogP contribution in [0.4, 0.5) is 4.39 Å². The number of hydrogen-bond donors (Lipinski definition) is 1. The second kappa shape index (κ2) is 2.84. The van der Waals surface area contributed by atoms with E-state index in [1.54, 1.807) is 0 Å². The van der Waals surface area contributed by atoms with E-state index < -0.39 is 11.2 Å². The van der Waals surface area contributed by atoms with Gasteiger partial charge in [-0.2, -0.15) is 0 Å². The molecule has 0 fully saturated rings. The SMILES string of the molecule is ON=C1[C]=CC=C(F)C1Cl. The largest absolute Gasteiger partial charge is 0.411 e. The maximum Gasteiger partial charge on any atom is 0.131 e. The number of hydrogen-bond acceptors (Lipinski definition) is 2. The molecule has 0 aromatic carbocycles. The molecule has 0 aliphatic heterocycles. The first-order valence-corrected chi connectivity index (χ1v) is 3.01. The van der Waals surface area contributed by atoms with Crippen LogP contribution in [-0.4, -0.2) is 16.3 Å². The van der Waals surface area contributed by atoms with Crippen LogP contribution in [0.2, 0.25) is 0 Å². The number of nitrogens with zero attached hydrogens (tertiary/aromatic N) is 1. The van der Waals surface area contributed by atoms with Crippen LogP contribution in [-0.2, 0) is 0 Å². The summed E-state index contributed by atoms with van der Waals surface area (Å²) in [5, 5.41) is 9.96. The van der Waals surface area contributed by atoms with Gasteiger partial charge in [-0.15, -0.1) is 11.6 Å². The van der Waals surface area contributed by atoms with E-state index in [1.165, 1.54) is 12.2 Å². The van der Waals surface area contributed by atoms with Crippen molar-refractivity contribution in [2.24, 2.45) is 5.16 Å². The van der Waals surface area contributed by atoms with Gasteiger partial charge >= 0.3 is 0 Å². The molecule has 0 amide bonds. The average Bonchev–Trinajstić information content (AvgIpc) is 1.95. The summed E-state index contributed by atoms with van der Waals surface area (Å²) < 4.78 is 12.5. The van der Waals surface area contributed by atoms with E-state index >= 15 is 0 Å². The second-order valence-corrected chi connectivity index (χ2v) is 2.15. The zero-order valence-electron chi connectivity index (χ0n) is 4.88. The van der Waals surface area contributed by atoms with Gasteiger partial charge in [0.1, 0.15) is 16.9 Å². The van der Waals surface area contributed by atoms with Crippen molar-refractivity contribution >= 4 is 17.3 Å². The minimum absolute atomic E-state index is 0.00154. The molecule has 0 heterocycles. The van der Waals surface area contributed by atoms with Crippen LogP contribution < -0.4 is 0 Å². The van der Waals surface area contributed by atoms with E-state index in [-0.39, 0.29) is 5.71 Å². The first-order valence-electron chi connectivity index (χ1n) is 2.57. The van der Waals surface area contributed by atoms with Crippen LogP contribution in [0.25, 0.3) is 0 Å². The quantitative estimate of drug-likeness (QED) is 0.326. The molecule has 0 spiro atoms. The summed E-state index contributed by atoms with van der Waals surface area (Å²) in [6, 6.07) is 0. The Bertz CT molecular complexity index is 222. The Morgan fingerprint density at radius 2 is 2.50 bits per heavy atom. The molecule has 10 heavy (non-hydrogen) atoms. The fourth-order valence-corrected chi connectivity index (χ4v) is 0.754. The van der Waals surface area contributed by atoms with Gasteiger partial charge in [-0.3, -0.25) is 0 Å². The summed E-state index contributed by atoms with van der Waals surface area (Å²) in [6.45, 7) is 0. The zero-order chi connectivity index (χ0) is 7.56. The van der Waals surface area contributed by atoms with Crippen molar-refractivity contribution in [3.8, 4) is 0 Å². The molecule has 0 bridgehead atoms. The van der Waals surface area contributed by atoms with Gasteiger partial charge < -0.3 is 5.21 Å². The maximum absolute atomic E-state index is 12.5. The van der Waals surface area contributed by atoms with E-state index in [0.29, 0.717) is 0 Å². The first-order chi connectivity index (χ1) is 4.75. The van der Waals surface area contributed by atoms with E-state index in [4.69, 9.17) is 16.8 Å². The average molecular weight is 161 g/mol. The molecule has 0 saturated heterocycles. The number of allylic oxidation sites excluding steroid dienone is 4. The maximum atomic E-state index is 12.5. The van der Waals surface area contributed by atoms with Crippen molar-refractivity contribution in [3.05, 3.63) is 24.1 Å². The summed E-state index contributed by atoms with van der Waals surface area (Å²) in [5.74, 6) is -0.534. The summed E-state index contributed by atoms with van der Waals surface area (Å²) in [6.07, 6.45) is 4.96. The number of rotatable bonds is 0. The Balaban J connectivity index is 2.89. The lowest BCUT2D eigenvalue weighted by Crippen LogP contribution is -2.15. The molecule has 1 N–H and O–H groups in total. The van der Waals surface area contributed by atoms with Gasteiger partial charge in [0.15, 0.2) is 0 Å². The van der Waals surface area contributed by atoms with Gasteiger partial charge in [0, 0.05) is 6.08 Å². The predicted molar refractivity (Wildman–Crippen MR) is 35.9 cm³/mol. The summed E-state index contributed by atoms with van der Waals surface area (Å²) in [5.41, 5.74) is 0.00154. The Morgan fingerprint density at radius 3 is 3.00 bits per heavy atom. The smallest absolute Gasteiger partial charge is 0.131 e. The second-order valence-electron chi connectivity index (χ2n) is 1.71. The van der Waals surface area contributed by atoms with E-state index in [2.05, 4.69) is 11.2 Å². The number of oxime groups is 1. The van der Waals surface area contributed by atoms with Gasteiger partial charge in [-0.1, -0.05) is 5.16 Å². The Labute approximate surface area is 62.3 Å². The van der Waals surface area contributed by atoms with Crippen molar-refractivity contribution in [2.45, 2.75) is 5.38 Å². The third kappa shape index (κ3) is 1.19. The van der Waals surface area contributed by atoms with Crippen LogP contribution >= 0.6 is 11.6 Å². The molecule has 0 aromatic heterocycles. The fourth-order valence-electron chi connectivity index (χ4n) is 0.574. The molecular weight excluding hydrogens is 157 g/mol. The lowest BCUT2D eigenvalue weighted by molar-refractivity contribution is 0.318. The fraction of sp³-hybridized carbons (Fsp3) is 0.167. The van der Waals surface area contributed by atoms with Crippen molar-refractivity contribution in [2.75, 3.05) is 0 Å². The summed E-state index contributed by atoms with van der Waals surface area (Å²) in [7, 11) is 0. The van der Waals surface area contributed by atoms with Crippen molar-refractivity contribution in [3.63, 3.8) is 0 Å². The van der Waals surface area contributed by atoms with Crippen LogP contribution in [0.15, 0.2) is 23.1 Å². The first kappa shape index (κ1) is 7.28. The van der Waals surface area contributed by atoms with E-state index in [1.807, 2.05) is 0 Å². The Kier molecular flexibility index (Phi) is 2.06. The standard InChI is InChI=1S/C6H4ClFNO/c7-6-4(8)2-1-3-5(6)9-10/h1-2,6,10H. The normalized spacial score (nSPS) is 28.8. The minimum Gasteiger partial charge on any atom is -0.411 e. The molecular formula is C6H4ClFNO. The monoisotopic (exact) mass is 160 g/mol. The number of alkyl halides is 1. The lowest BCUT2D eigenvalue weighted by atomic mass is 10.1. The third-order valence-electron chi connectivity index (χ3n) is 1.06. The van der Waals surface area contributed by atoms with Crippen molar-refractivity contribution in [1.82, 2.24) is 0 Å². The van der Waals surface area contributed by atoms with E-state index in [0.717, 1.165) is 0 Å². The highest BCUT2D eigenvalue weighted by molar-refractivity contribution is 6.35. The van der Waals surface area contributed by atoms with Gasteiger partial charge in [-0.25, -0.2) is 4.39 Å². The third-order valence-corrected chi connectivity index (χ3v) is 1.48. The highest BCUT2D eigenvalue weighted by Crippen LogP contribution is 2.17. The molecule has 1 radical (unpaired) electrons. The molecule has 1 aliphatic carbocycles. The van der Waals surface area contributed by atoms with E-state index in [9.17, 15) is 4.39 Å².